The van der Waals surface area contributed by atoms with Crippen LogP contribution in [0.5, 0.6) is 0 Å². The standard InChI is InChI=1S/C23H25ClN4/c1-23(2,3)16-6-11-20-19(13-16)22(26-18-9-7-17(24)8-10-18)28-21(27-20)15-5-4-12-25-14-15/h4-5,7-10,12,14,16H,6,11,13H2,1-3H3,(H,26,27,28)/t16-/m1/s1. The van der Waals surface area contributed by atoms with E-state index in [1.807, 2.05) is 42.6 Å². The second-order valence-corrected chi connectivity index (χ2v) is 8.94. The van der Waals surface area contributed by atoms with Crippen molar-refractivity contribution >= 4 is 23.1 Å². The summed E-state index contributed by atoms with van der Waals surface area (Å²) < 4.78 is 0. The van der Waals surface area contributed by atoms with Gasteiger partial charge in [-0.2, -0.15) is 0 Å². The Morgan fingerprint density at radius 1 is 1.07 bits per heavy atom. The number of anilines is 2. The zero-order valence-corrected chi connectivity index (χ0v) is 17.3. The summed E-state index contributed by atoms with van der Waals surface area (Å²) in [5.41, 5.74) is 4.54. The van der Waals surface area contributed by atoms with E-state index in [-0.39, 0.29) is 5.41 Å². The molecule has 0 bridgehead atoms. The highest BCUT2D eigenvalue weighted by Crippen LogP contribution is 2.39. The Hall–Kier alpha value is -2.46. The average molecular weight is 393 g/mol. The number of aryl methyl sites for hydroxylation is 1. The molecule has 1 aliphatic rings. The van der Waals surface area contributed by atoms with Gasteiger partial charge < -0.3 is 5.32 Å². The molecule has 4 rings (SSSR count). The molecule has 1 atom stereocenters. The fraction of sp³-hybridized carbons (Fsp3) is 0.348. The Bertz CT molecular complexity index is 962. The largest absolute Gasteiger partial charge is 0.340 e. The van der Waals surface area contributed by atoms with Crippen molar-refractivity contribution in [3.63, 3.8) is 0 Å². The smallest absolute Gasteiger partial charge is 0.163 e. The van der Waals surface area contributed by atoms with Gasteiger partial charge in [0.25, 0.3) is 0 Å². The lowest BCUT2D eigenvalue weighted by molar-refractivity contribution is 0.215. The van der Waals surface area contributed by atoms with Crippen LogP contribution in [0.25, 0.3) is 11.4 Å². The van der Waals surface area contributed by atoms with Crippen molar-refractivity contribution in [3.8, 4) is 11.4 Å². The second kappa shape index (κ2) is 7.51. The Kier molecular flexibility index (Phi) is 5.07. The zero-order chi connectivity index (χ0) is 19.7. The lowest BCUT2D eigenvalue weighted by atomic mass is 9.71. The van der Waals surface area contributed by atoms with Gasteiger partial charge in [0, 0.05) is 39.9 Å². The van der Waals surface area contributed by atoms with E-state index in [0.717, 1.165) is 52.9 Å². The zero-order valence-electron chi connectivity index (χ0n) is 16.5. The number of aromatic nitrogens is 3. The third kappa shape index (κ3) is 4.02. The van der Waals surface area contributed by atoms with Crippen LogP contribution in [-0.2, 0) is 12.8 Å². The van der Waals surface area contributed by atoms with E-state index >= 15 is 0 Å². The maximum atomic E-state index is 6.04. The van der Waals surface area contributed by atoms with Crippen molar-refractivity contribution in [1.82, 2.24) is 15.0 Å². The molecule has 0 fully saturated rings. The van der Waals surface area contributed by atoms with Crippen LogP contribution in [0.3, 0.4) is 0 Å². The minimum absolute atomic E-state index is 0.261. The van der Waals surface area contributed by atoms with Crippen LogP contribution in [-0.4, -0.2) is 15.0 Å². The van der Waals surface area contributed by atoms with Gasteiger partial charge in [-0.15, -0.1) is 0 Å². The lowest BCUT2D eigenvalue weighted by Gasteiger charge is -2.35. The molecular formula is C23H25ClN4. The van der Waals surface area contributed by atoms with Gasteiger partial charge in [0.1, 0.15) is 5.82 Å². The number of hydrogen-bond donors (Lipinski definition) is 1. The van der Waals surface area contributed by atoms with E-state index in [0.29, 0.717) is 5.92 Å². The SMILES string of the molecule is CC(C)(C)[C@@H]1CCc2nc(-c3cccnc3)nc(Nc3ccc(Cl)cc3)c2C1. The molecule has 144 valence electrons. The number of nitrogens with zero attached hydrogens (tertiary/aromatic N) is 3. The molecule has 28 heavy (non-hydrogen) atoms. The summed E-state index contributed by atoms with van der Waals surface area (Å²) in [7, 11) is 0. The predicted molar refractivity (Wildman–Crippen MR) is 115 cm³/mol. The molecule has 0 saturated carbocycles. The van der Waals surface area contributed by atoms with Crippen LogP contribution in [0, 0.1) is 11.3 Å². The molecule has 1 N–H and O–H groups in total. The van der Waals surface area contributed by atoms with Crippen molar-refractivity contribution in [2.24, 2.45) is 11.3 Å². The molecule has 1 aliphatic carbocycles. The summed E-state index contributed by atoms with van der Waals surface area (Å²) in [4.78, 5) is 14.0. The number of benzene rings is 1. The molecule has 0 unspecified atom stereocenters. The lowest BCUT2D eigenvalue weighted by Crippen LogP contribution is -2.28. The van der Waals surface area contributed by atoms with E-state index in [2.05, 4.69) is 31.1 Å². The first-order valence-electron chi connectivity index (χ1n) is 9.73. The van der Waals surface area contributed by atoms with Gasteiger partial charge >= 0.3 is 0 Å². The van der Waals surface area contributed by atoms with Gasteiger partial charge in [0.2, 0.25) is 0 Å². The summed E-state index contributed by atoms with van der Waals surface area (Å²) in [5.74, 6) is 2.22. The molecule has 5 heteroatoms. The highest BCUT2D eigenvalue weighted by atomic mass is 35.5. The number of rotatable bonds is 3. The van der Waals surface area contributed by atoms with E-state index in [9.17, 15) is 0 Å². The summed E-state index contributed by atoms with van der Waals surface area (Å²) in [6, 6.07) is 11.6. The van der Waals surface area contributed by atoms with E-state index in [1.54, 1.807) is 6.20 Å². The van der Waals surface area contributed by atoms with Gasteiger partial charge in [0.15, 0.2) is 5.82 Å². The first kappa shape index (κ1) is 18.9. The van der Waals surface area contributed by atoms with Crippen LogP contribution in [0.15, 0.2) is 48.8 Å². The fourth-order valence-electron chi connectivity index (χ4n) is 3.75. The van der Waals surface area contributed by atoms with Crippen LogP contribution >= 0.6 is 11.6 Å². The first-order valence-corrected chi connectivity index (χ1v) is 10.1. The minimum atomic E-state index is 0.261. The van der Waals surface area contributed by atoms with E-state index in [4.69, 9.17) is 21.6 Å². The van der Waals surface area contributed by atoms with Gasteiger partial charge in [-0.3, -0.25) is 4.98 Å². The molecule has 4 nitrogen and oxygen atoms in total. The van der Waals surface area contributed by atoms with Crippen molar-refractivity contribution in [2.45, 2.75) is 40.0 Å². The highest BCUT2D eigenvalue weighted by molar-refractivity contribution is 6.30. The van der Waals surface area contributed by atoms with Crippen molar-refractivity contribution < 1.29 is 0 Å². The van der Waals surface area contributed by atoms with Gasteiger partial charge in [-0.1, -0.05) is 32.4 Å². The maximum absolute atomic E-state index is 6.04. The second-order valence-electron chi connectivity index (χ2n) is 8.50. The van der Waals surface area contributed by atoms with Crippen LogP contribution in [0.2, 0.25) is 5.02 Å². The molecule has 3 aromatic rings. The monoisotopic (exact) mass is 392 g/mol. The molecule has 0 spiro atoms. The Balaban J connectivity index is 1.77. The number of fused-ring (bicyclic) bond motifs is 1. The third-order valence-electron chi connectivity index (χ3n) is 5.52. The summed E-state index contributed by atoms with van der Waals surface area (Å²) in [6.07, 6.45) is 6.70. The van der Waals surface area contributed by atoms with E-state index < -0.39 is 0 Å². The third-order valence-corrected chi connectivity index (χ3v) is 5.78. The number of nitrogens with one attached hydrogen (secondary N) is 1. The fourth-order valence-corrected chi connectivity index (χ4v) is 3.87. The topological polar surface area (TPSA) is 50.7 Å². The van der Waals surface area contributed by atoms with Gasteiger partial charge in [-0.25, -0.2) is 9.97 Å². The van der Waals surface area contributed by atoms with Crippen molar-refractivity contribution in [1.29, 1.82) is 0 Å². The van der Waals surface area contributed by atoms with Gasteiger partial charge in [0.05, 0.1) is 0 Å². The summed E-state index contributed by atoms with van der Waals surface area (Å²) in [6.45, 7) is 6.96. The maximum Gasteiger partial charge on any atom is 0.163 e. The Labute approximate surface area is 171 Å². The summed E-state index contributed by atoms with van der Waals surface area (Å²) in [5, 5.41) is 4.23. The van der Waals surface area contributed by atoms with Crippen molar-refractivity contribution in [3.05, 3.63) is 65.1 Å². The molecule has 2 aromatic heterocycles. The highest BCUT2D eigenvalue weighted by Gasteiger charge is 2.31. The quantitative estimate of drug-likeness (QED) is 0.586. The van der Waals surface area contributed by atoms with Gasteiger partial charge in [-0.05, 0) is 67.0 Å². The average Bonchev–Trinajstić information content (AvgIpc) is 2.69. The number of hydrogen-bond acceptors (Lipinski definition) is 4. The summed E-state index contributed by atoms with van der Waals surface area (Å²) >= 11 is 6.04. The molecule has 2 heterocycles. The molecule has 0 aliphatic heterocycles. The number of halogens is 1. The molecule has 1 aromatic carbocycles. The van der Waals surface area contributed by atoms with Crippen molar-refractivity contribution in [2.75, 3.05) is 5.32 Å². The van der Waals surface area contributed by atoms with Crippen LogP contribution < -0.4 is 5.32 Å². The van der Waals surface area contributed by atoms with Crippen LogP contribution in [0.4, 0.5) is 11.5 Å². The van der Waals surface area contributed by atoms with Crippen LogP contribution in [0.1, 0.15) is 38.4 Å². The van der Waals surface area contributed by atoms with E-state index in [1.165, 1.54) is 5.56 Å². The minimum Gasteiger partial charge on any atom is -0.340 e. The molecule has 0 amide bonds. The normalized spacial score (nSPS) is 16.5. The molecule has 0 saturated heterocycles. The number of pyridine rings is 1. The molecule has 0 radical (unpaired) electrons. The Morgan fingerprint density at radius 2 is 1.86 bits per heavy atom. The first-order chi connectivity index (χ1) is 13.4. The Morgan fingerprint density at radius 3 is 2.54 bits per heavy atom. The predicted octanol–water partition coefficient (Wildman–Crippen LogP) is 6.09. The molecular weight excluding hydrogens is 368 g/mol.